The van der Waals surface area contributed by atoms with Gasteiger partial charge in [-0.1, -0.05) is 49.7 Å². The molecule has 2 heterocycles. The molecule has 2 aromatic carbocycles. The number of H-pyrrole nitrogens is 1. The number of ketones is 1. The number of hydrogen-bond donors (Lipinski definition) is 1. The van der Waals surface area contributed by atoms with Gasteiger partial charge in [0.2, 0.25) is 0 Å². The number of carbonyl (C=O) groups is 1. The van der Waals surface area contributed by atoms with Crippen LogP contribution in [-0.4, -0.2) is 15.8 Å². The fourth-order valence-corrected chi connectivity index (χ4v) is 3.70. The highest BCUT2D eigenvalue weighted by Crippen LogP contribution is 2.27. The molecule has 0 aliphatic rings. The molecule has 0 aliphatic carbocycles. The van der Waals surface area contributed by atoms with Gasteiger partial charge in [-0.3, -0.25) is 9.78 Å². The smallest absolute Gasteiger partial charge is 0.166 e. The quantitative estimate of drug-likeness (QED) is 0.466. The number of nitrogens with one attached hydrogen (secondary N) is 1. The number of aromatic amines is 1. The van der Waals surface area contributed by atoms with Gasteiger partial charge in [0.1, 0.15) is 0 Å². The van der Waals surface area contributed by atoms with Crippen molar-refractivity contribution in [2.45, 2.75) is 26.2 Å². The molecule has 26 heavy (non-hydrogen) atoms. The van der Waals surface area contributed by atoms with Gasteiger partial charge in [0.15, 0.2) is 5.78 Å². The van der Waals surface area contributed by atoms with Gasteiger partial charge >= 0.3 is 0 Å². The average molecular weight is 342 g/mol. The molecule has 3 heteroatoms. The van der Waals surface area contributed by atoms with Gasteiger partial charge in [0.05, 0.1) is 11.0 Å². The lowest BCUT2D eigenvalue weighted by Gasteiger charge is -2.14. The van der Waals surface area contributed by atoms with Crippen LogP contribution < -0.4 is 0 Å². The van der Waals surface area contributed by atoms with Crippen molar-refractivity contribution in [3.63, 3.8) is 0 Å². The van der Waals surface area contributed by atoms with E-state index in [-0.39, 0.29) is 11.7 Å². The Hall–Kier alpha value is -2.94. The van der Waals surface area contributed by atoms with E-state index in [4.69, 9.17) is 0 Å². The van der Waals surface area contributed by atoms with Crippen molar-refractivity contribution in [2.24, 2.45) is 5.92 Å². The van der Waals surface area contributed by atoms with E-state index in [1.807, 2.05) is 48.7 Å². The molecule has 4 aromatic rings. The molecular formula is C23H22N2O. The van der Waals surface area contributed by atoms with E-state index in [0.29, 0.717) is 0 Å². The lowest BCUT2D eigenvalue weighted by molar-refractivity contribution is 0.0911. The maximum Gasteiger partial charge on any atom is 0.166 e. The summed E-state index contributed by atoms with van der Waals surface area (Å²) in [5.41, 5.74) is 4.00. The summed E-state index contributed by atoms with van der Waals surface area (Å²) in [4.78, 5) is 20.9. The Labute approximate surface area is 153 Å². The first-order valence-corrected chi connectivity index (χ1v) is 9.21. The van der Waals surface area contributed by atoms with E-state index in [0.717, 1.165) is 46.9 Å². The molecule has 0 fully saturated rings. The van der Waals surface area contributed by atoms with Crippen LogP contribution in [0.25, 0.3) is 21.8 Å². The van der Waals surface area contributed by atoms with E-state index >= 15 is 0 Å². The maximum absolute atomic E-state index is 12.9. The Balaban J connectivity index is 1.67. The molecule has 3 nitrogen and oxygen atoms in total. The molecule has 0 bridgehead atoms. The molecule has 1 N–H and O–H groups in total. The predicted octanol–water partition coefficient (Wildman–Crippen LogP) is 5.56. The fourth-order valence-electron chi connectivity index (χ4n) is 3.70. The number of Topliss-reactive ketones (excluding diaryl/α,β-unsaturated/α-hetero) is 1. The second kappa shape index (κ2) is 7.12. The van der Waals surface area contributed by atoms with Gasteiger partial charge < -0.3 is 4.98 Å². The highest BCUT2D eigenvalue weighted by molar-refractivity contribution is 6.04. The number of aromatic nitrogens is 2. The normalized spacial score (nSPS) is 12.5. The van der Waals surface area contributed by atoms with Gasteiger partial charge in [-0.25, -0.2) is 0 Å². The molecule has 0 amide bonds. The summed E-state index contributed by atoms with van der Waals surface area (Å²) in [6, 6.07) is 20.0. The van der Waals surface area contributed by atoms with Crippen LogP contribution in [0.4, 0.5) is 0 Å². The summed E-state index contributed by atoms with van der Waals surface area (Å²) in [6.45, 7) is 2.13. The minimum atomic E-state index is -0.000138. The molecule has 1 atom stereocenters. The number of pyridine rings is 1. The molecule has 0 spiro atoms. The van der Waals surface area contributed by atoms with Crippen LogP contribution in [0, 0.1) is 5.92 Å². The van der Waals surface area contributed by atoms with Gasteiger partial charge in [0.25, 0.3) is 0 Å². The lowest BCUT2D eigenvalue weighted by atomic mass is 9.89. The van der Waals surface area contributed by atoms with Crippen molar-refractivity contribution in [3.8, 4) is 0 Å². The monoisotopic (exact) mass is 342 g/mol. The Bertz CT molecular complexity index is 1050. The Morgan fingerprint density at radius 3 is 2.73 bits per heavy atom. The number of hydrogen-bond acceptors (Lipinski definition) is 2. The van der Waals surface area contributed by atoms with Crippen molar-refractivity contribution in [1.29, 1.82) is 0 Å². The van der Waals surface area contributed by atoms with Crippen LogP contribution in [0.3, 0.4) is 0 Å². The third-order valence-corrected chi connectivity index (χ3v) is 4.97. The molecular weight excluding hydrogens is 320 g/mol. The SMILES string of the molecule is CCCC(Cc1cc2ccc3ncccc3c2[nH]1)C(=O)c1ccccc1. The van der Waals surface area contributed by atoms with Crippen LogP contribution in [0.2, 0.25) is 0 Å². The maximum atomic E-state index is 12.9. The second-order valence-electron chi connectivity index (χ2n) is 6.81. The molecule has 130 valence electrons. The van der Waals surface area contributed by atoms with E-state index in [1.165, 1.54) is 5.39 Å². The van der Waals surface area contributed by atoms with Crippen LogP contribution in [-0.2, 0) is 6.42 Å². The molecule has 4 rings (SSSR count). The minimum absolute atomic E-state index is 0.000138. The third-order valence-electron chi connectivity index (χ3n) is 4.97. The number of benzene rings is 2. The topological polar surface area (TPSA) is 45.8 Å². The standard InChI is InChI=1S/C23H22N2O/c1-2-7-18(23(26)16-8-4-3-5-9-16)15-19-14-17-11-12-21-20(22(17)25-19)10-6-13-24-21/h3-6,8-14,18,25H,2,7,15H2,1H3. The zero-order valence-electron chi connectivity index (χ0n) is 14.9. The highest BCUT2D eigenvalue weighted by Gasteiger charge is 2.20. The zero-order valence-corrected chi connectivity index (χ0v) is 14.9. The molecule has 1 unspecified atom stereocenters. The summed E-state index contributed by atoms with van der Waals surface area (Å²) in [5.74, 6) is 0.234. The molecule has 0 saturated heterocycles. The van der Waals surface area contributed by atoms with Crippen LogP contribution in [0.5, 0.6) is 0 Å². The predicted molar refractivity (Wildman–Crippen MR) is 106 cm³/mol. The molecule has 0 saturated carbocycles. The Morgan fingerprint density at radius 2 is 1.92 bits per heavy atom. The lowest BCUT2D eigenvalue weighted by Crippen LogP contribution is -2.17. The van der Waals surface area contributed by atoms with Gasteiger partial charge in [-0.05, 0) is 37.1 Å². The Kier molecular flexibility index (Phi) is 4.53. The first kappa shape index (κ1) is 16.5. The van der Waals surface area contributed by atoms with Crippen molar-refractivity contribution in [3.05, 3.63) is 78.1 Å². The summed E-state index contributed by atoms with van der Waals surface area (Å²) in [5, 5.41) is 2.29. The number of carbonyl (C=O) groups excluding carboxylic acids is 1. The van der Waals surface area contributed by atoms with E-state index in [2.05, 4.69) is 35.1 Å². The van der Waals surface area contributed by atoms with Gasteiger partial charge in [-0.2, -0.15) is 0 Å². The number of rotatable bonds is 6. The first-order valence-electron chi connectivity index (χ1n) is 9.21. The number of nitrogens with zero attached hydrogens (tertiary/aromatic N) is 1. The van der Waals surface area contributed by atoms with Crippen molar-refractivity contribution in [1.82, 2.24) is 9.97 Å². The average Bonchev–Trinajstić information content (AvgIpc) is 3.11. The molecule has 0 aliphatic heterocycles. The van der Waals surface area contributed by atoms with Crippen molar-refractivity contribution >= 4 is 27.6 Å². The summed E-state index contributed by atoms with van der Waals surface area (Å²) >= 11 is 0. The van der Waals surface area contributed by atoms with Gasteiger partial charge in [-0.15, -0.1) is 0 Å². The van der Waals surface area contributed by atoms with E-state index in [1.54, 1.807) is 0 Å². The van der Waals surface area contributed by atoms with E-state index in [9.17, 15) is 4.79 Å². The zero-order chi connectivity index (χ0) is 17.9. The molecule has 0 radical (unpaired) electrons. The van der Waals surface area contributed by atoms with Crippen molar-refractivity contribution in [2.75, 3.05) is 0 Å². The van der Waals surface area contributed by atoms with E-state index < -0.39 is 0 Å². The fraction of sp³-hybridized carbons (Fsp3) is 0.217. The summed E-state index contributed by atoms with van der Waals surface area (Å²) < 4.78 is 0. The number of fused-ring (bicyclic) bond motifs is 3. The third kappa shape index (κ3) is 3.13. The Morgan fingerprint density at radius 1 is 1.08 bits per heavy atom. The highest BCUT2D eigenvalue weighted by atomic mass is 16.1. The first-order chi connectivity index (χ1) is 12.8. The van der Waals surface area contributed by atoms with Gasteiger partial charge in [0, 0.05) is 34.1 Å². The summed E-state index contributed by atoms with van der Waals surface area (Å²) in [6.07, 6.45) is 4.44. The van der Waals surface area contributed by atoms with Crippen molar-refractivity contribution < 1.29 is 4.79 Å². The minimum Gasteiger partial charge on any atom is -0.358 e. The summed E-state index contributed by atoms with van der Waals surface area (Å²) in [7, 11) is 0. The largest absolute Gasteiger partial charge is 0.358 e. The van der Waals surface area contributed by atoms with Crippen LogP contribution in [0.15, 0.2) is 66.9 Å². The second-order valence-corrected chi connectivity index (χ2v) is 6.81. The molecule has 2 aromatic heterocycles. The van der Waals surface area contributed by atoms with Crippen LogP contribution >= 0.6 is 0 Å². The van der Waals surface area contributed by atoms with Crippen LogP contribution in [0.1, 0.15) is 35.8 Å².